The van der Waals surface area contributed by atoms with Crippen molar-refractivity contribution < 1.29 is 14.2 Å². The van der Waals surface area contributed by atoms with Crippen molar-refractivity contribution in [3.8, 4) is 17.2 Å². The van der Waals surface area contributed by atoms with Crippen LogP contribution in [0.25, 0.3) is 0 Å². The van der Waals surface area contributed by atoms with Crippen LogP contribution in [-0.2, 0) is 0 Å². The molecule has 0 heterocycles. The van der Waals surface area contributed by atoms with Gasteiger partial charge >= 0.3 is 0 Å². The van der Waals surface area contributed by atoms with Crippen LogP contribution in [0.15, 0.2) is 48.5 Å². The molecule has 2 N–H and O–H groups in total. The summed E-state index contributed by atoms with van der Waals surface area (Å²) in [5, 5.41) is 0. The number of hydrogen-bond donors (Lipinski definition) is 1. The Morgan fingerprint density at radius 2 is 1.71 bits per heavy atom. The minimum atomic E-state index is 0.271. The van der Waals surface area contributed by atoms with Gasteiger partial charge in [0.15, 0.2) is 11.5 Å². The summed E-state index contributed by atoms with van der Waals surface area (Å²) in [6.07, 6.45) is 0. The van der Waals surface area contributed by atoms with E-state index in [0.717, 1.165) is 5.75 Å². The molecule has 0 aliphatic heterocycles. The molecule has 4 nitrogen and oxygen atoms in total. The summed E-state index contributed by atoms with van der Waals surface area (Å²) in [6, 6.07) is 15.0. The summed E-state index contributed by atoms with van der Waals surface area (Å²) in [7, 11) is 1.58. The third-order valence-corrected chi connectivity index (χ3v) is 3.03. The lowest BCUT2D eigenvalue weighted by Gasteiger charge is -2.14. The first kappa shape index (κ1) is 15.1. The molecule has 0 saturated heterocycles. The van der Waals surface area contributed by atoms with E-state index in [4.69, 9.17) is 32.2 Å². The number of para-hydroxylation sites is 2. The van der Waals surface area contributed by atoms with Gasteiger partial charge in [0.05, 0.1) is 12.7 Å². The Balaban J connectivity index is 1.98. The number of hydrogen-bond acceptors (Lipinski definition) is 4. The number of thiocarbonyl (C=S) groups is 1. The summed E-state index contributed by atoms with van der Waals surface area (Å²) in [5.74, 6) is 1.94. The van der Waals surface area contributed by atoms with E-state index in [0.29, 0.717) is 30.3 Å². The summed E-state index contributed by atoms with van der Waals surface area (Å²) in [6.45, 7) is 0.781. The zero-order valence-electron chi connectivity index (χ0n) is 11.7. The van der Waals surface area contributed by atoms with Crippen molar-refractivity contribution in [2.45, 2.75) is 0 Å². The van der Waals surface area contributed by atoms with Gasteiger partial charge < -0.3 is 19.9 Å². The van der Waals surface area contributed by atoms with E-state index in [1.165, 1.54) is 0 Å². The predicted molar refractivity (Wildman–Crippen MR) is 86.3 cm³/mol. The van der Waals surface area contributed by atoms with Gasteiger partial charge in [-0.1, -0.05) is 36.5 Å². The van der Waals surface area contributed by atoms with Crippen molar-refractivity contribution in [3.63, 3.8) is 0 Å². The lowest BCUT2D eigenvalue weighted by atomic mass is 10.2. The average molecular weight is 303 g/mol. The van der Waals surface area contributed by atoms with Gasteiger partial charge in [-0.25, -0.2) is 0 Å². The molecule has 0 unspecified atom stereocenters. The molecule has 0 aliphatic rings. The summed E-state index contributed by atoms with van der Waals surface area (Å²) in [5.41, 5.74) is 6.35. The SMILES string of the molecule is COc1cccc(C(N)=S)c1OCCOc1ccccc1. The first-order valence-electron chi connectivity index (χ1n) is 6.50. The van der Waals surface area contributed by atoms with Crippen LogP contribution < -0.4 is 19.9 Å². The molecule has 0 atom stereocenters. The monoisotopic (exact) mass is 303 g/mol. The highest BCUT2D eigenvalue weighted by atomic mass is 32.1. The standard InChI is InChI=1S/C16H17NO3S/c1-18-14-9-5-8-13(16(17)21)15(14)20-11-10-19-12-6-3-2-4-7-12/h2-9H,10-11H2,1H3,(H2,17,21). The number of nitrogens with two attached hydrogens (primary N) is 1. The van der Waals surface area contributed by atoms with Gasteiger partial charge in [0.2, 0.25) is 0 Å². The Bertz CT molecular complexity index is 602. The second kappa shape index (κ2) is 7.50. The van der Waals surface area contributed by atoms with Gasteiger partial charge in [-0.3, -0.25) is 0 Å². The maximum atomic E-state index is 5.72. The molecule has 2 rings (SSSR count). The topological polar surface area (TPSA) is 53.7 Å². The maximum Gasteiger partial charge on any atom is 0.171 e. The highest BCUT2D eigenvalue weighted by molar-refractivity contribution is 7.80. The Morgan fingerprint density at radius 3 is 2.38 bits per heavy atom. The Kier molecular flexibility index (Phi) is 5.40. The molecule has 2 aromatic carbocycles. The minimum Gasteiger partial charge on any atom is -0.493 e. The first-order chi connectivity index (χ1) is 10.2. The van der Waals surface area contributed by atoms with Gasteiger partial charge in [0.1, 0.15) is 24.0 Å². The third kappa shape index (κ3) is 4.10. The quantitative estimate of drug-likeness (QED) is 0.629. The molecule has 110 valence electrons. The molecular weight excluding hydrogens is 286 g/mol. The van der Waals surface area contributed by atoms with Crippen LogP contribution in [0.4, 0.5) is 0 Å². The van der Waals surface area contributed by atoms with Gasteiger partial charge in [-0.15, -0.1) is 0 Å². The Labute approximate surface area is 129 Å². The van der Waals surface area contributed by atoms with Gasteiger partial charge in [0.25, 0.3) is 0 Å². The fraction of sp³-hybridized carbons (Fsp3) is 0.188. The lowest BCUT2D eigenvalue weighted by molar-refractivity contribution is 0.211. The number of methoxy groups -OCH3 is 1. The smallest absolute Gasteiger partial charge is 0.171 e. The first-order valence-corrected chi connectivity index (χ1v) is 6.90. The van der Waals surface area contributed by atoms with Crippen molar-refractivity contribution in [1.29, 1.82) is 0 Å². The van der Waals surface area contributed by atoms with E-state index in [1.807, 2.05) is 36.4 Å². The second-order valence-corrected chi connectivity index (χ2v) is 4.65. The van der Waals surface area contributed by atoms with Gasteiger partial charge in [0, 0.05) is 0 Å². The van der Waals surface area contributed by atoms with E-state index < -0.39 is 0 Å². The number of benzene rings is 2. The second-order valence-electron chi connectivity index (χ2n) is 4.21. The van der Waals surface area contributed by atoms with Gasteiger partial charge in [-0.05, 0) is 24.3 Å². The molecule has 0 saturated carbocycles. The molecule has 2 aromatic rings. The molecular formula is C16H17NO3S. The average Bonchev–Trinajstić information content (AvgIpc) is 2.52. The van der Waals surface area contributed by atoms with Crippen molar-refractivity contribution >= 4 is 17.2 Å². The van der Waals surface area contributed by atoms with Crippen molar-refractivity contribution in [1.82, 2.24) is 0 Å². The van der Waals surface area contributed by atoms with E-state index >= 15 is 0 Å². The maximum absolute atomic E-state index is 5.72. The van der Waals surface area contributed by atoms with Crippen molar-refractivity contribution in [3.05, 3.63) is 54.1 Å². The largest absolute Gasteiger partial charge is 0.493 e. The van der Waals surface area contributed by atoms with Gasteiger partial charge in [-0.2, -0.15) is 0 Å². The number of rotatable bonds is 7. The van der Waals surface area contributed by atoms with E-state index in [-0.39, 0.29) is 4.99 Å². The molecule has 0 aromatic heterocycles. The molecule has 21 heavy (non-hydrogen) atoms. The molecule has 0 aliphatic carbocycles. The fourth-order valence-corrected chi connectivity index (χ4v) is 2.00. The summed E-state index contributed by atoms with van der Waals surface area (Å²) in [4.78, 5) is 0.271. The Hall–Kier alpha value is -2.27. The lowest BCUT2D eigenvalue weighted by Crippen LogP contribution is -2.15. The third-order valence-electron chi connectivity index (χ3n) is 2.81. The number of ether oxygens (including phenoxy) is 3. The highest BCUT2D eigenvalue weighted by Gasteiger charge is 2.12. The van der Waals surface area contributed by atoms with E-state index in [1.54, 1.807) is 19.2 Å². The van der Waals surface area contributed by atoms with Crippen LogP contribution in [0.2, 0.25) is 0 Å². The molecule has 5 heteroatoms. The minimum absolute atomic E-state index is 0.271. The fourth-order valence-electron chi connectivity index (χ4n) is 1.84. The van der Waals surface area contributed by atoms with Crippen molar-refractivity contribution in [2.75, 3.05) is 20.3 Å². The van der Waals surface area contributed by atoms with Crippen LogP contribution in [-0.4, -0.2) is 25.3 Å². The normalized spacial score (nSPS) is 9.95. The summed E-state index contributed by atoms with van der Waals surface area (Å²) >= 11 is 5.02. The molecule has 0 radical (unpaired) electrons. The van der Waals surface area contributed by atoms with Crippen LogP contribution in [0.5, 0.6) is 17.2 Å². The predicted octanol–water partition coefficient (Wildman–Crippen LogP) is 2.79. The van der Waals surface area contributed by atoms with Crippen LogP contribution in [0.1, 0.15) is 5.56 Å². The van der Waals surface area contributed by atoms with Crippen LogP contribution in [0, 0.1) is 0 Å². The zero-order valence-corrected chi connectivity index (χ0v) is 12.6. The van der Waals surface area contributed by atoms with E-state index in [2.05, 4.69) is 0 Å². The highest BCUT2D eigenvalue weighted by Crippen LogP contribution is 2.30. The van der Waals surface area contributed by atoms with E-state index in [9.17, 15) is 0 Å². The summed E-state index contributed by atoms with van der Waals surface area (Å²) < 4.78 is 16.6. The molecule has 0 bridgehead atoms. The molecule has 0 fully saturated rings. The van der Waals surface area contributed by atoms with Crippen molar-refractivity contribution in [2.24, 2.45) is 5.73 Å². The van der Waals surface area contributed by atoms with Crippen LogP contribution >= 0.6 is 12.2 Å². The van der Waals surface area contributed by atoms with Crippen LogP contribution in [0.3, 0.4) is 0 Å². The molecule has 0 spiro atoms. The Morgan fingerprint density at radius 1 is 1.00 bits per heavy atom. The zero-order chi connectivity index (χ0) is 15.1. The molecule has 0 amide bonds.